The van der Waals surface area contributed by atoms with Gasteiger partial charge in [0.2, 0.25) is 0 Å². The van der Waals surface area contributed by atoms with Crippen molar-refractivity contribution in [1.29, 1.82) is 10.5 Å². The van der Waals surface area contributed by atoms with Crippen molar-refractivity contribution in [3.63, 3.8) is 0 Å². The van der Waals surface area contributed by atoms with Crippen molar-refractivity contribution < 1.29 is 0 Å². The molecule has 11 aromatic carbocycles. The van der Waals surface area contributed by atoms with Crippen LogP contribution < -0.4 is 4.90 Å². The fraction of sp³-hybridized carbons (Fsp3) is 0. The molecule has 282 valence electrons. The van der Waals surface area contributed by atoms with Gasteiger partial charge in [-0.25, -0.2) is 0 Å². The van der Waals surface area contributed by atoms with Gasteiger partial charge in [0.05, 0.1) is 29.0 Å². The number of hydrogen-bond donors (Lipinski definition) is 0. The lowest BCUT2D eigenvalue weighted by Crippen LogP contribution is -2.10. The van der Waals surface area contributed by atoms with Crippen LogP contribution in [0.3, 0.4) is 0 Å². The molecule has 0 spiro atoms. The molecule has 11 rings (SSSR count). The topological polar surface area (TPSA) is 50.8 Å². The van der Waals surface area contributed by atoms with Gasteiger partial charge in [-0.3, -0.25) is 0 Å². The largest absolute Gasteiger partial charge is 0.310 e. The summed E-state index contributed by atoms with van der Waals surface area (Å²) in [6.45, 7) is 0. The predicted octanol–water partition coefficient (Wildman–Crippen LogP) is 15.7. The van der Waals surface area contributed by atoms with Gasteiger partial charge in [-0.15, -0.1) is 0 Å². The Balaban J connectivity index is 1.20. The van der Waals surface area contributed by atoms with E-state index < -0.39 is 0 Å². The second kappa shape index (κ2) is 14.7. The SMILES string of the molecule is N#Cc1ccc(N(c2ccc(C#N)cc2)c2ccc(-c3ccc4c(-c5cccc6ccccc56)c5ccccc5c(-c5cccc6ccccc56)c4c3)c3ccccc23)cc1. The van der Waals surface area contributed by atoms with Crippen LogP contribution in [-0.2, 0) is 0 Å². The third kappa shape index (κ3) is 5.96. The maximum absolute atomic E-state index is 9.61. The molecule has 0 aromatic heterocycles. The van der Waals surface area contributed by atoms with Gasteiger partial charge in [0, 0.05) is 16.8 Å². The van der Waals surface area contributed by atoms with Gasteiger partial charge < -0.3 is 4.90 Å². The molecule has 0 N–H and O–H groups in total. The highest BCUT2D eigenvalue weighted by atomic mass is 15.1. The third-order valence-electron chi connectivity index (χ3n) is 12.1. The van der Waals surface area contributed by atoms with Gasteiger partial charge >= 0.3 is 0 Å². The van der Waals surface area contributed by atoms with Crippen LogP contribution in [0.15, 0.2) is 212 Å². The highest BCUT2D eigenvalue weighted by Crippen LogP contribution is 2.49. The van der Waals surface area contributed by atoms with Crippen molar-refractivity contribution in [2.24, 2.45) is 0 Å². The fourth-order valence-electron chi connectivity index (χ4n) is 9.34. The first-order valence-corrected chi connectivity index (χ1v) is 20.5. The van der Waals surface area contributed by atoms with E-state index in [1.807, 2.05) is 48.5 Å². The van der Waals surface area contributed by atoms with E-state index in [0.717, 1.165) is 39.0 Å². The molecule has 3 nitrogen and oxygen atoms in total. The second-order valence-electron chi connectivity index (χ2n) is 15.4. The monoisotopic (exact) mass is 773 g/mol. The van der Waals surface area contributed by atoms with E-state index >= 15 is 0 Å². The minimum atomic E-state index is 0.597. The first-order chi connectivity index (χ1) is 30.2. The Bertz CT molecular complexity index is 3540. The van der Waals surface area contributed by atoms with Crippen LogP contribution in [0.2, 0.25) is 0 Å². The minimum Gasteiger partial charge on any atom is -0.310 e. The summed E-state index contributed by atoms with van der Waals surface area (Å²) in [5.74, 6) is 0. The zero-order chi connectivity index (χ0) is 40.9. The summed E-state index contributed by atoms with van der Waals surface area (Å²) in [4.78, 5) is 2.20. The Kier molecular flexibility index (Phi) is 8.59. The molecule has 0 unspecified atom stereocenters. The van der Waals surface area contributed by atoms with Crippen LogP contribution in [0.1, 0.15) is 11.1 Å². The molecule has 0 aliphatic heterocycles. The van der Waals surface area contributed by atoms with Crippen LogP contribution >= 0.6 is 0 Å². The molecule has 0 saturated carbocycles. The summed E-state index contributed by atoms with van der Waals surface area (Å²) < 4.78 is 0. The van der Waals surface area contributed by atoms with Crippen molar-refractivity contribution >= 4 is 70.9 Å². The summed E-state index contributed by atoms with van der Waals surface area (Å²) in [6, 6.07) is 79.5. The lowest BCUT2D eigenvalue weighted by atomic mass is 9.82. The molecule has 0 bridgehead atoms. The van der Waals surface area contributed by atoms with Gasteiger partial charge in [0.1, 0.15) is 0 Å². The van der Waals surface area contributed by atoms with Crippen molar-refractivity contribution in [1.82, 2.24) is 0 Å². The summed E-state index contributed by atoms with van der Waals surface area (Å²) in [5.41, 5.74) is 11.2. The minimum absolute atomic E-state index is 0.597. The number of anilines is 3. The number of fused-ring (bicyclic) bond motifs is 5. The lowest BCUT2D eigenvalue weighted by Gasteiger charge is -2.27. The molecule has 0 fully saturated rings. The highest BCUT2D eigenvalue weighted by molar-refractivity contribution is 6.26. The van der Waals surface area contributed by atoms with E-state index in [-0.39, 0.29) is 0 Å². The quantitative estimate of drug-likeness (QED) is 0.158. The van der Waals surface area contributed by atoms with Crippen LogP contribution in [0.4, 0.5) is 17.1 Å². The summed E-state index contributed by atoms with van der Waals surface area (Å²) in [7, 11) is 0. The molecule has 0 aliphatic carbocycles. The van der Waals surface area contributed by atoms with Gasteiger partial charge in [-0.2, -0.15) is 10.5 Å². The van der Waals surface area contributed by atoms with Crippen molar-refractivity contribution in [2.45, 2.75) is 0 Å². The second-order valence-corrected chi connectivity index (χ2v) is 15.4. The highest BCUT2D eigenvalue weighted by Gasteiger charge is 2.22. The van der Waals surface area contributed by atoms with Gasteiger partial charge in [-0.05, 0) is 143 Å². The molecule has 0 atom stereocenters. The molecule has 0 amide bonds. The zero-order valence-corrected chi connectivity index (χ0v) is 33.0. The van der Waals surface area contributed by atoms with Crippen molar-refractivity contribution in [3.05, 3.63) is 223 Å². The number of benzene rings is 11. The number of nitrogens with zero attached hydrogens (tertiary/aromatic N) is 3. The number of hydrogen-bond acceptors (Lipinski definition) is 3. The molecular weight excluding hydrogens is 739 g/mol. The molecular formula is C58H35N3. The van der Waals surface area contributed by atoms with E-state index in [1.165, 1.54) is 65.3 Å². The average molecular weight is 774 g/mol. The molecule has 61 heavy (non-hydrogen) atoms. The average Bonchev–Trinajstić information content (AvgIpc) is 3.33. The summed E-state index contributed by atoms with van der Waals surface area (Å²) >= 11 is 0. The van der Waals surface area contributed by atoms with E-state index in [1.54, 1.807) is 0 Å². The van der Waals surface area contributed by atoms with Gasteiger partial charge in [-0.1, -0.05) is 152 Å². The predicted molar refractivity (Wildman–Crippen MR) is 254 cm³/mol. The van der Waals surface area contributed by atoms with Crippen LogP contribution in [0, 0.1) is 22.7 Å². The third-order valence-corrected chi connectivity index (χ3v) is 12.1. The van der Waals surface area contributed by atoms with Crippen molar-refractivity contribution in [2.75, 3.05) is 4.90 Å². The fourth-order valence-corrected chi connectivity index (χ4v) is 9.34. The zero-order valence-electron chi connectivity index (χ0n) is 33.0. The molecule has 0 aliphatic rings. The van der Waals surface area contributed by atoms with Crippen molar-refractivity contribution in [3.8, 4) is 45.5 Å². The molecule has 11 aromatic rings. The van der Waals surface area contributed by atoms with E-state index in [2.05, 4.69) is 181 Å². The standard InChI is InChI=1S/C58H35N3/c59-36-38-23-28-43(29-24-38)61(44-30-25-39(37-60)26-31-44)56-34-33-47(48-17-5-6-18-49(48)56)42-27-32-54-55(35-42)58(51-22-10-14-41-12-2-4-16-46(41)51)53-20-8-7-19-52(53)57(54)50-21-9-13-40-11-1-3-15-45(40)50/h1-35H. The van der Waals surface area contributed by atoms with E-state index in [4.69, 9.17) is 0 Å². The number of nitriles is 2. The van der Waals surface area contributed by atoms with E-state index in [9.17, 15) is 10.5 Å². The Morgan fingerprint density at radius 2 is 0.754 bits per heavy atom. The summed E-state index contributed by atoms with van der Waals surface area (Å²) in [5, 5.41) is 31.1. The summed E-state index contributed by atoms with van der Waals surface area (Å²) in [6.07, 6.45) is 0. The Labute approximate surface area is 353 Å². The molecule has 0 saturated heterocycles. The smallest absolute Gasteiger partial charge is 0.0991 e. The van der Waals surface area contributed by atoms with Crippen LogP contribution in [0.5, 0.6) is 0 Å². The normalized spacial score (nSPS) is 11.2. The van der Waals surface area contributed by atoms with Gasteiger partial charge in [0.25, 0.3) is 0 Å². The van der Waals surface area contributed by atoms with Crippen LogP contribution in [0.25, 0.3) is 87.2 Å². The maximum Gasteiger partial charge on any atom is 0.0991 e. The number of rotatable bonds is 6. The molecule has 0 heterocycles. The van der Waals surface area contributed by atoms with Gasteiger partial charge in [0.15, 0.2) is 0 Å². The maximum atomic E-state index is 9.61. The first-order valence-electron chi connectivity index (χ1n) is 20.5. The van der Waals surface area contributed by atoms with E-state index in [0.29, 0.717) is 11.1 Å². The Morgan fingerprint density at radius 3 is 1.30 bits per heavy atom. The molecule has 0 radical (unpaired) electrons. The lowest BCUT2D eigenvalue weighted by molar-refractivity contribution is 1.29. The first kappa shape index (κ1) is 35.6. The Morgan fingerprint density at radius 1 is 0.311 bits per heavy atom. The van der Waals surface area contributed by atoms with Crippen LogP contribution in [-0.4, -0.2) is 0 Å². The Hall–Kier alpha value is -8.50. The molecule has 3 heteroatoms.